The monoisotopic (exact) mass is 460 g/mol. The first-order valence-corrected chi connectivity index (χ1v) is 10.4. The topological polar surface area (TPSA) is 88.3 Å². The van der Waals surface area contributed by atoms with E-state index in [2.05, 4.69) is 22.0 Å². The number of benzene rings is 1. The smallest absolute Gasteiger partial charge is 0.205 e. The second-order valence-electron chi connectivity index (χ2n) is 7.25. The first kappa shape index (κ1) is 21.4. The average molecular weight is 461 g/mol. The number of hydrogen-bond donors (Lipinski definition) is 1. The zero-order chi connectivity index (χ0) is 22.1. The molecule has 31 heavy (non-hydrogen) atoms. The molecule has 6 nitrogen and oxygen atoms in total. The van der Waals surface area contributed by atoms with E-state index in [9.17, 15) is 4.39 Å². The number of aromatic nitrogens is 1. The molecule has 1 unspecified atom stereocenters. The molecule has 1 aromatic carbocycles. The van der Waals surface area contributed by atoms with Gasteiger partial charge in [0.05, 0.1) is 29.3 Å². The highest BCUT2D eigenvalue weighted by molar-refractivity contribution is 6.36. The van der Waals surface area contributed by atoms with Gasteiger partial charge in [-0.05, 0) is 31.1 Å². The zero-order valence-corrected chi connectivity index (χ0v) is 18.2. The van der Waals surface area contributed by atoms with Crippen LogP contribution in [0.4, 0.5) is 10.2 Å². The van der Waals surface area contributed by atoms with Gasteiger partial charge in [0.2, 0.25) is 5.75 Å². The highest BCUT2D eigenvalue weighted by atomic mass is 35.5. The summed E-state index contributed by atoms with van der Waals surface area (Å²) in [7, 11) is 0. The number of rotatable bonds is 5. The van der Waals surface area contributed by atoms with Gasteiger partial charge in [-0.1, -0.05) is 29.3 Å². The number of hydrogen-bond acceptors (Lipinski definition) is 6. The van der Waals surface area contributed by atoms with Gasteiger partial charge in [-0.3, -0.25) is 4.90 Å². The third-order valence-electron chi connectivity index (χ3n) is 5.32. The predicted octanol–water partition coefficient (Wildman–Crippen LogP) is 5.61. The molecule has 0 radical (unpaired) electrons. The number of anilines is 1. The maximum absolute atomic E-state index is 13.9. The molecule has 3 aromatic rings. The van der Waals surface area contributed by atoms with E-state index in [0.717, 1.165) is 29.5 Å². The van der Waals surface area contributed by atoms with Crippen LogP contribution in [-0.4, -0.2) is 29.5 Å². The number of ether oxygens (including phenoxy) is 1. The lowest BCUT2D eigenvalue weighted by Gasteiger charge is -2.23. The van der Waals surface area contributed by atoms with Crippen LogP contribution in [0.5, 0.6) is 5.75 Å². The molecular formula is C22H19Cl2FN4O2. The van der Waals surface area contributed by atoms with Gasteiger partial charge in [-0.25, -0.2) is 9.37 Å². The van der Waals surface area contributed by atoms with Crippen molar-refractivity contribution in [3.8, 4) is 11.8 Å². The summed E-state index contributed by atoms with van der Waals surface area (Å²) >= 11 is 12.3. The van der Waals surface area contributed by atoms with Crippen LogP contribution in [0.3, 0.4) is 0 Å². The summed E-state index contributed by atoms with van der Waals surface area (Å²) in [6.07, 6.45) is 5.45. The summed E-state index contributed by atoms with van der Waals surface area (Å²) in [6, 6.07) is 4.80. The lowest BCUT2D eigenvalue weighted by atomic mass is 9.99. The lowest BCUT2D eigenvalue weighted by molar-refractivity contribution is 0.227. The second kappa shape index (κ2) is 8.75. The van der Waals surface area contributed by atoms with Gasteiger partial charge in [0.1, 0.15) is 11.9 Å². The molecule has 1 aliphatic heterocycles. The molecule has 9 heteroatoms. The Bertz CT molecular complexity index is 1220. The molecule has 1 atom stereocenters. The van der Waals surface area contributed by atoms with Crippen molar-refractivity contribution in [1.29, 1.82) is 5.26 Å². The third kappa shape index (κ3) is 4.07. The van der Waals surface area contributed by atoms with Gasteiger partial charge in [0.25, 0.3) is 0 Å². The van der Waals surface area contributed by atoms with Gasteiger partial charge in [0, 0.05) is 35.4 Å². The highest BCUT2D eigenvalue weighted by Gasteiger charge is 2.24. The summed E-state index contributed by atoms with van der Waals surface area (Å²) in [5.41, 5.74) is 8.84. The van der Waals surface area contributed by atoms with Crippen LogP contribution < -0.4 is 10.5 Å². The van der Waals surface area contributed by atoms with E-state index in [-0.39, 0.29) is 21.6 Å². The Kier molecular flexibility index (Phi) is 6.05. The molecule has 0 aliphatic carbocycles. The van der Waals surface area contributed by atoms with Crippen LogP contribution in [0.25, 0.3) is 16.5 Å². The van der Waals surface area contributed by atoms with Gasteiger partial charge < -0.3 is 14.9 Å². The van der Waals surface area contributed by atoms with E-state index in [1.54, 1.807) is 19.4 Å². The Labute approximate surface area is 188 Å². The van der Waals surface area contributed by atoms with Crippen LogP contribution in [0.2, 0.25) is 10.0 Å². The normalized spacial score (nSPS) is 15.5. The number of nitriles is 1. The van der Waals surface area contributed by atoms with Crippen molar-refractivity contribution < 1.29 is 13.5 Å². The summed E-state index contributed by atoms with van der Waals surface area (Å²) in [6.45, 7) is 3.57. The van der Waals surface area contributed by atoms with Gasteiger partial charge >= 0.3 is 0 Å². The van der Waals surface area contributed by atoms with Crippen LogP contribution >= 0.6 is 23.2 Å². The van der Waals surface area contributed by atoms with Crippen molar-refractivity contribution >= 4 is 45.6 Å². The molecule has 0 fully saturated rings. The van der Waals surface area contributed by atoms with Crippen molar-refractivity contribution in [2.24, 2.45) is 0 Å². The average Bonchev–Trinajstić information content (AvgIpc) is 3.18. The molecule has 0 saturated carbocycles. The van der Waals surface area contributed by atoms with E-state index in [1.165, 1.54) is 12.1 Å². The van der Waals surface area contributed by atoms with E-state index in [4.69, 9.17) is 43.4 Å². The molecule has 3 heterocycles. The maximum Gasteiger partial charge on any atom is 0.205 e. The Morgan fingerprint density at radius 3 is 2.94 bits per heavy atom. The number of pyridine rings is 1. The maximum atomic E-state index is 13.9. The first-order valence-electron chi connectivity index (χ1n) is 9.65. The van der Waals surface area contributed by atoms with E-state index < -0.39 is 11.9 Å². The fraction of sp³-hybridized carbons (Fsp3) is 0.273. The number of furan rings is 1. The van der Waals surface area contributed by atoms with E-state index >= 15 is 0 Å². The molecule has 0 amide bonds. The number of nitrogens with two attached hydrogens (primary N) is 1. The fourth-order valence-corrected chi connectivity index (χ4v) is 4.37. The van der Waals surface area contributed by atoms with Crippen LogP contribution in [0, 0.1) is 17.1 Å². The standard InChI is InChI=1S/C22H19Cl2FN4O2/c1-12(18-16(23)2-3-17(25)19(18)24)31-21-20-14(10-28-22(21)27)15(11-30-20)13-4-7-29(8-5-13)9-6-26/h2-4,10-12H,5,7-9H2,1H3,(H2,27,28). The van der Waals surface area contributed by atoms with Crippen LogP contribution in [0.1, 0.15) is 30.6 Å². The van der Waals surface area contributed by atoms with Gasteiger partial charge in [-0.15, -0.1) is 0 Å². The molecular weight excluding hydrogens is 442 g/mol. The Morgan fingerprint density at radius 1 is 1.42 bits per heavy atom. The zero-order valence-electron chi connectivity index (χ0n) is 16.7. The van der Waals surface area contributed by atoms with Gasteiger partial charge in [-0.2, -0.15) is 5.26 Å². The second-order valence-corrected chi connectivity index (χ2v) is 8.04. The molecule has 2 aromatic heterocycles. The molecule has 2 N–H and O–H groups in total. The van der Waals surface area contributed by atoms with Crippen molar-refractivity contribution in [3.05, 3.63) is 57.7 Å². The molecule has 1 aliphatic rings. The third-order valence-corrected chi connectivity index (χ3v) is 6.03. The SMILES string of the molecule is CC(Oc1c(N)ncc2c(C3=CCN(CC#N)CC3)coc12)c1c(Cl)ccc(F)c1Cl. The molecule has 4 rings (SSSR count). The number of nitrogens with zero attached hydrogens (tertiary/aromatic N) is 3. The lowest BCUT2D eigenvalue weighted by Crippen LogP contribution is -2.28. The van der Waals surface area contributed by atoms with Crippen LogP contribution in [0.15, 0.2) is 35.1 Å². The molecule has 0 saturated heterocycles. The number of fused-ring (bicyclic) bond motifs is 1. The Hall–Kier alpha value is -2.79. The summed E-state index contributed by atoms with van der Waals surface area (Å²) in [4.78, 5) is 6.32. The highest BCUT2D eigenvalue weighted by Crippen LogP contribution is 2.41. The minimum Gasteiger partial charge on any atom is -0.478 e. The largest absolute Gasteiger partial charge is 0.478 e. The van der Waals surface area contributed by atoms with E-state index in [0.29, 0.717) is 24.2 Å². The van der Waals surface area contributed by atoms with Gasteiger partial charge in [0.15, 0.2) is 11.4 Å². The Morgan fingerprint density at radius 2 is 2.23 bits per heavy atom. The summed E-state index contributed by atoms with van der Waals surface area (Å²) in [5, 5.41) is 9.81. The first-order chi connectivity index (χ1) is 14.9. The molecule has 160 valence electrons. The Balaban J connectivity index is 1.68. The molecule has 0 spiro atoms. The number of halogens is 3. The minimum absolute atomic E-state index is 0.104. The predicted molar refractivity (Wildman–Crippen MR) is 119 cm³/mol. The minimum atomic E-state index is -0.701. The summed E-state index contributed by atoms with van der Waals surface area (Å²) in [5.74, 6) is -0.201. The van der Waals surface area contributed by atoms with E-state index in [1.807, 2.05) is 0 Å². The van der Waals surface area contributed by atoms with Crippen molar-refractivity contribution in [1.82, 2.24) is 9.88 Å². The van der Waals surface area contributed by atoms with Crippen LogP contribution in [-0.2, 0) is 0 Å². The van der Waals surface area contributed by atoms with Crippen molar-refractivity contribution in [2.75, 3.05) is 25.4 Å². The number of nitrogen functional groups attached to an aromatic ring is 1. The van der Waals surface area contributed by atoms with Crippen molar-refractivity contribution in [3.63, 3.8) is 0 Å². The fourth-order valence-electron chi connectivity index (χ4n) is 3.69. The van der Waals surface area contributed by atoms with Crippen molar-refractivity contribution in [2.45, 2.75) is 19.4 Å². The quantitative estimate of drug-likeness (QED) is 0.393. The summed E-state index contributed by atoms with van der Waals surface area (Å²) < 4.78 is 25.8. The molecule has 0 bridgehead atoms.